The molecule has 0 aromatic heterocycles. The van der Waals surface area contributed by atoms with Gasteiger partial charge in [0, 0.05) is 6.42 Å². The largest absolute Gasteiger partial charge is 0.493 e. The molecule has 5 heteroatoms. The highest BCUT2D eigenvalue weighted by Gasteiger charge is 2.16. The second-order valence-electron chi connectivity index (χ2n) is 3.43. The minimum absolute atomic E-state index is 0.174. The SMILES string of the molecule is COC(=O)C(O)Cc1ccc(OC)c(OC)c1. The molecule has 0 saturated heterocycles. The number of carbonyl (C=O) groups is 1. The second kappa shape index (κ2) is 6.10. The third-order valence-corrected chi connectivity index (χ3v) is 2.35. The average molecular weight is 240 g/mol. The first kappa shape index (κ1) is 13.3. The molecule has 0 amide bonds. The Labute approximate surface area is 99.9 Å². The van der Waals surface area contributed by atoms with Crippen LogP contribution < -0.4 is 9.47 Å². The van der Waals surface area contributed by atoms with Crippen molar-refractivity contribution in [2.75, 3.05) is 21.3 Å². The van der Waals surface area contributed by atoms with Gasteiger partial charge in [-0.3, -0.25) is 0 Å². The molecule has 94 valence electrons. The van der Waals surface area contributed by atoms with Crippen LogP contribution in [-0.2, 0) is 16.0 Å². The van der Waals surface area contributed by atoms with E-state index in [1.807, 2.05) is 0 Å². The van der Waals surface area contributed by atoms with E-state index in [1.165, 1.54) is 14.2 Å². The van der Waals surface area contributed by atoms with Crippen molar-refractivity contribution >= 4 is 5.97 Å². The molecule has 1 unspecified atom stereocenters. The minimum Gasteiger partial charge on any atom is -0.493 e. The van der Waals surface area contributed by atoms with Crippen LogP contribution in [0.5, 0.6) is 11.5 Å². The molecule has 0 saturated carbocycles. The number of hydrogen-bond donors (Lipinski definition) is 1. The van der Waals surface area contributed by atoms with Crippen LogP contribution >= 0.6 is 0 Å². The summed E-state index contributed by atoms with van der Waals surface area (Å²) in [5, 5.41) is 9.51. The maximum atomic E-state index is 11.1. The number of aliphatic hydroxyl groups excluding tert-OH is 1. The molecule has 1 N–H and O–H groups in total. The molecular weight excluding hydrogens is 224 g/mol. The smallest absolute Gasteiger partial charge is 0.335 e. The van der Waals surface area contributed by atoms with E-state index in [4.69, 9.17) is 9.47 Å². The molecule has 1 rings (SSSR count). The van der Waals surface area contributed by atoms with Crippen LogP contribution in [0.1, 0.15) is 5.56 Å². The van der Waals surface area contributed by atoms with Gasteiger partial charge < -0.3 is 19.3 Å². The van der Waals surface area contributed by atoms with Gasteiger partial charge in [0.2, 0.25) is 0 Å². The highest BCUT2D eigenvalue weighted by atomic mass is 16.5. The van der Waals surface area contributed by atoms with Crippen LogP contribution in [-0.4, -0.2) is 38.5 Å². The van der Waals surface area contributed by atoms with E-state index in [9.17, 15) is 9.90 Å². The van der Waals surface area contributed by atoms with E-state index in [1.54, 1.807) is 25.3 Å². The van der Waals surface area contributed by atoms with Crippen LogP contribution in [0.2, 0.25) is 0 Å². The molecule has 0 spiro atoms. The molecule has 0 radical (unpaired) electrons. The molecule has 17 heavy (non-hydrogen) atoms. The number of carbonyl (C=O) groups excluding carboxylic acids is 1. The van der Waals surface area contributed by atoms with Crippen LogP contribution in [0.3, 0.4) is 0 Å². The van der Waals surface area contributed by atoms with Crippen molar-refractivity contribution in [1.82, 2.24) is 0 Å². The van der Waals surface area contributed by atoms with E-state index >= 15 is 0 Å². The first-order valence-corrected chi connectivity index (χ1v) is 5.09. The maximum Gasteiger partial charge on any atom is 0.335 e. The van der Waals surface area contributed by atoms with E-state index < -0.39 is 12.1 Å². The van der Waals surface area contributed by atoms with Gasteiger partial charge in [-0.25, -0.2) is 4.79 Å². The number of esters is 1. The van der Waals surface area contributed by atoms with E-state index in [0.717, 1.165) is 5.56 Å². The number of aliphatic hydroxyl groups is 1. The molecule has 0 aliphatic carbocycles. The Hall–Kier alpha value is -1.75. The Morgan fingerprint density at radius 1 is 1.24 bits per heavy atom. The van der Waals surface area contributed by atoms with Gasteiger partial charge in [-0.15, -0.1) is 0 Å². The Morgan fingerprint density at radius 3 is 2.41 bits per heavy atom. The molecule has 0 bridgehead atoms. The standard InChI is InChI=1S/C12H16O5/c1-15-10-5-4-8(7-11(10)16-2)6-9(13)12(14)17-3/h4-5,7,9,13H,6H2,1-3H3. The summed E-state index contributed by atoms with van der Waals surface area (Å²) in [6, 6.07) is 5.19. The van der Waals surface area contributed by atoms with Crippen molar-refractivity contribution in [1.29, 1.82) is 0 Å². The van der Waals surface area contributed by atoms with Crippen molar-refractivity contribution in [3.05, 3.63) is 23.8 Å². The Bertz CT molecular complexity index is 388. The fourth-order valence-electron chi connectivity index (χ4n) is 1.45. The van der Waals surface area contributed by atoms with Crippen LogP contribution in [0.25, 0.3) is 0 Å². The van der Waals surface area contributed by atoms with Gasteiger partial charge in [-0.2, -0.15) is 0 Å². The lowest BCUT2D eigenvalue weighted by atomic mass is 10.1. The van der Waals surface area contributed by atoms with Gasteiger partial charge in [0.05, 0.1) is 21.3 Å². The quantitative estimate of drug-likeness (QED) is 0.770. The van der Waals surface area contributed by atoms with Crippen molar-refractivity contribution in [2.24, 2.45) is 0 Å². The minimum atomic E-state index is -1.17. The molecular formula is C12H16O5. The van der Waals surface area contributed by atoms with Gasteiger partial charge in [0.1, 0.15) is 0 Å². The molecule has 0 aliphatic heterocycles. The van der Waals surface area contributed by atoms with Crippen LogP contribution in [0.15, 0.2) is 18.2 Å². The predicted molar refractivity (Wildman–Crippen MR) is 61.3 cm³/mol. The third-order valence-electron chi connectivity index (χ3n) is 2.35. The average Bonchev–Trinajstić information content (AvgIpc) is 2.37. The van der Waals surface area contributed by atoms with Crippen molar-refractivity contribution in [3.63, 3.8) is 0 Å². The number of benzene rings is 1. The summed E-state index contributed by atoms with van der Waals surface area (Å²) in [4.78, 5) is 11.1. The summed E-state index contributed by atoms with van der Waals surface area (Å²) >= 11 is 0. The summed E-state index contributed by atoms with van der Waals surface area (Å²) in [6.07, 6.45) is -0.995. The van der Waals surface area contributed by atoms with Crippen molar-refractivity contribution < 1.29 is 24.1 Å². The normalized spacial score (nSPS) is 11.8. The van der Waals surface area contributed by atoms with Crippen LogP contribution in [0.4, 0.5) is 0 Å². The zero-order valence-corrected chi connectivity index (χ0v) is 10.1. The Balaban J connectivity index is 2.82. The lowest BCUT2D eigenvalue weighted by Gasteiger charge is -2.11. The zero-order valence-electron chi connectivity index (χ0n) is 10.1. The first-order valence-electron chi connectivity index (χ1n) is 5.09. The molecule has 1 aromatic carbocycles. The lowest BCUT2D eigenvalue weighted by molar-refractivity contribution is -0.150. The number of ether oxygens (including phenoxy) is 3. The van der Waals surface area contributed by atoms with Gasteiger partial charge in [-0.05, 0) is 17.7 Å². The first-order chi connectivity index (χ1) is 8.12. The van der Waals surface area contributed by atoms with Gasteiger partial charge in [0.15, 0.2) is 17.6 Å². The van der Waals surface area contributed by atoms with E-state index in [2.05, 4.69) is 4.74 Å². The highest BCUT2D eigenvalue weighted by Crippen LogP contribution is 2.27. The van der Waals surface area contributed by atoms with E-state index in [0.29, 0.717) is 11.5 Å². The Morgan fingerprint density at radius 2 is 1.88 bits per heavy atom. The molecule has 1 aromatic rings. The fraction of sp³-hybridized carbons (Fsp3) is 0.417. The zero-order chi connectivity index (χ0) is 12.8. The predicted octanol–water partition coefficient (Wildman–Crippen LogP) is 0.780. The third kappa shape index (κ3) is 3.35. The van der Waals surface area contributed by atoms with E-state index in [-0.39, 0.29) is 6.42 Å². The summed E-state index contributed by atoms with van der Waals surface area (Å²) in [6.45, 7) is 0. The lowest BCUT2D eigenvalue weighted by Crippen LogP contribution is -2.24. The number of hydrogen-bond acceptors (Lipinski definition) is 5. The molecule has 1 atom stereocenters. The molecule has 5 nitrogen and oxygen atoms in total. The van der Waals surface area contributed by atoms with Crippen LogP contribution in [0, 0.1) is 0 Å². The monoisotopic (exact) mass is 240 g/mol. The highest BCUT2D eigenvalue weighted by molar-refractivity contribution is 5.74. The number of rotatable bonds is 5. The Kier molecular flexibility index (Phi) is 4.78. The topological polar surface area (TPSA) is 65.0 Å². The summed E-state index contributed by atoms with van der Waals surface area (Å²) in [7, 11) is 4.30. The van der Waals surface area contributed by atoms with Gasteiger partial charge >= 0.3 is 5.97 Å². The number of methoxy groups -OCH3 is 3. The maximum absolute atomic E-state index is 11.1. The molecule has 0 aliphatic rings. The second-order valence-corrected chi connectivity index (χ2v) is 3.43. The van der Waals surface area contributed by atoms with Gasteiger partial charge in [0.25, 0.3) is 0 Å². The summed E-state index contributed by atoms with van der Waals surface area (Å²) in [5.74, 6) is 0.505. The summed E-state index contributed by atoms with van der Waals surface area (Å²) in [5.41, 5.74) is 0.764. The van der Waals surface area contributed by atoms with Gasteiger partial charge in [-0.1, -0.05) is 6.07 Å². The molecule has 0 fully saturated rings. The fourth-order valence-corrected chi connectivity index (χ4v) is 1.45. The van der Waals surface area contributed by atoms with Crippen molar-refractivity contribution in [2.45, 2.75) is 12.5 Å². The summed E-state index contributed by atoms with van der Waals surface area (Å²) < 4.78 is 14.6. The molecule has 0 heterocycles. The van der Waals surface area contributed by atoms with Crippen molar-refractivity contribution in [3.8, 4) is 11.5 Å².